The number of amides is 1. The normalized spacial score (nSPS) is 14.1. The first-order chi connectivity index (χ1) is 16.5. The van der Waals surface area contributed by atoms with Crippen LogP contribution in [0, 0.1) is 0 Å². The van der Waals surface area contributed by atoms with Crippen LogP contribution in [0.3, 0.4) is 0 Å². The van der Waals surface area contributed by atoms with Crippen molar-refractivity contribution in [2.24, 2.45) is 5.73 Å². The van der Waals surface area contributed by atoms with E-state index in [1.807, 2.05) is 24.3 Å². The first-order valence-electron chi connectivity index (χ1n) is 11.7. The second kappa shape index (κ2) is 10.7. The summed E-state index contributed by atoms with van der Waals surface area (Å²) in [6.45, 7) is 2.69. The number of nitrogens with zero attached hydrogens (tertiary/aromatic N) is 1. The molecule has 1 fully saturated rings. The van der Waals surface area contributed by atoms with Gasteiger partial charge in [-0.2, -0.15) is 0 Å². The maximum Gasteiger partial charge on any atom is 0.221 e. The number of para-hydroxylation sites is 1. The fourth-order valence-corrected chi connectivity index (χ4v) is 3.90. The quantitative estimate of drug-likeness (QED) is 0.325. The summed E-state index contributed by atoms with van der Waals surface area (Å²) in [4.78, 5) is 16.3. The fraction of sp³-hybridized carbons (Fsp3) is 0.385. The largest absolute Gasteiger partial charge is 0.493 e. The Labute approximate surface area is 199 Å². The maximum atomic E-state index is 11.8. The lowest BCUT2D eigenvalue weighted by molar-refractivity contribution is -0.117. The molecule has 1 amide bonds. The van der Waals surface area contributed by atoms with Gasteiger partial charge in [-0.15, -0.1) is 0 Å². The summed E-state index contributed by atoms with van der Waals surface area (Å²) in [6, 6.07) is 12.2. The number of rotatable bonds is 12. The Morgan fingerprint density at radius 3 is 2.74 bits per heavy atom. The van der Waals surface area contributed by atoms with Gasteiger partial charge in [-0.05, 0) is 37.0 Å². The lowest BCUT2D eigenvalue weighted by atomic mass is 10.0. The molecule has 0 spiro atoms. The van der Waals surface area contributed by atoms with Gasteiger partial charge >= 0.3 is 0 Å². The molecule has 1 aromatic heterocycles. The van der Waals surface area contributed by atoms with Crippen LogP contribution in [0.1, 0.15) is 30.9 Å². The zero-order valence-electron chi connectivity index (χ0n) is 19.6. The van der Waals surface area contributed by atoms with Gasteiger partial charge in [0.2, 0.25) is 5.91 Å². The highest BCUT2D eigenvalue weighted by Crippen LogP contribution is 2.38. The molecule has 0 bridgehead atoms. The van der Waals surface area contributed by atoms with Gasteiger partial charge < -0.3 is 30.9 Å². The van der Waals surface area contributed by atoms with Crippen molar-refractivity contribution in [2.75, 3.05) is 25.6 Å². The average molecular weight is 465 g/mol. The zero-order chi connectivity index (χ0) is 24.1. The number of aryl methyl sites for hydroxylation is 1. The van der Waals surface area contributed by atoms with Crippen molar-refractivity contribution in [3.05, 3.63) is 53.7 Å². The van der Waals surface area contributed by atoms with E-state index in [1.54, 1.807) is 19.4 Å². The predicted molar refractivity (Wildman–Crippen MR) is 133 cm³/mol. The molecular weight excluding hydrogens is 432 g/mol. The summed E-state index contributed by atoms with van der Waals surface area (Å²) in [5.74, 6) is 0.569. The zero-order valence-corrected chi connectivity index (χ0v) is 19.6. The number of aromatic nitrogens is 1. The van der Waals surface area contributed by atoms with Crippen LogP contribution in [0.2, 0.25) is 0 Å². The van der Waals surface area contributed by atoms with E-state index in [0.29, 0.717) is 35.2 Å². The van der Waals surface area contributed by atoms with E-state index in [9.17, 15) is 9.90 Å². The van der Waals surface area contributed by atoms with E-state index in [4.69, 9.17) is 15.2 Å². The van der Waals surface area contributed by atoms with Gasteiger partial charge in [0.05, 0.1) is 24.7 Å². The minimum Gasteiger partial charge on any atom is -0.493 e. The van der Waals surface area contributed by atoms with Crippen LogP contribution in [-0.4, -0.2) is 48.4 Å². The molecule has 1 aliphatic carbocycles. The first-order valence-corrected chi connectivity index (χ1v) is 11.7. The van der Waals surface area contributed by atoms with Gasteiger partial charge in [-0.1, -0.05) is 25.1 Å². The standard InChI is InChI=1S/C26H32N4O4/c1-3-16-6-4-5-7-21(16)30-26-17(10-25(27)32)13-29-22-12-23(33-2)24(11-20(22)26)34-15-19(31)14-28-18-8-9-18/h4-7,11-13,18-19,28,31H,3,8-10,14-15H2,1-2H3,(H2,27,32)(H,29,30)/t19-/m1/s1. The topological polar surface area (TPSA) is 119 Å². The lowest BCUT2D eigenvalue weighted by Crippen LogP contribution is -2.32. The number of pyridine rings is 1. The van der Waals surface area contributed by atoms with Crippen molar-refractivity contribution < 1.29 is 19.4 Å². The van der Waals surface area contributed by atoms with Crippen molar-refractivity contribution in [3.63, 3.8) is 0 Å². The van der Waals surface area contributed by atoms with E-state index in [2.05, 4.69) is 28.6 Å². The molecule has 180 valence electrons. The molecule has 4 rings (SSSR count). The number of carbonyl (C=O) groups is 1. The minimum atomic E-state index is -0.644. The van der Waals surface area contributed by atoms with Crippen LogP contribution < -0.4 is 25.8 Å². The van der Waals surface area contributed by atoms with Gasteiger partial charge in [-0.25, -0.2) is 0 Å². The predicted octanol–water partition coefficient (Wildman–Crippen LogP) is 3.07. The molecule has 1 saturated carbocycles. The number of primary amides is 1. The van der Waals surface area contributed by atoms with Crippen molar-refractivity contribution in [3.8, 4) is 11.5 Å². The summed E-state index contributed by atoms with van der Waals surface area (Å²) < 4.78 is 11.5. The van der Waals surface area contributed by atoms with E-state index in [-0.39, 0.29) is 13.0 Å². The Morgan fingerprint density at radius 1 is 1.24 bits per heavy atom. The molecule has 2 aromatic carbocycles. The Morgan fingerprint density at radius 2 is 2.03 bits per heavy atom. The summed E-state index contributed by atoms with van der Waals surface area (Å²) >= 11 is 0. The Hall–Kier alpha value is -3.36. The highest BCUT2D eigenvalue weighted by molar-refractivity contribution is 5.98. The molecule has 34 heavy (non-hydrogen) atoms. The molecular formula is C26H32N4O4. The highest BCUT2D eigenvalue weighted by atomic mass is 16.5. The minimum absolute atomic E-state index is 0.0489. The number of benzene rings is 2. The molecule has 8 heteroatoms. The Bertz CT molecular complexity index is 1160. The van der Waals surface area contributed by atoms with Gasteiger partial charge in [0.1, 0.15) is 12.7 Å². The van der Waals surface area contributed by atoms with Crippen molar-refractivity contribution in [1.29, 1.82) is 0 Å². The second-order valence-electron chi connectivity index (χ2n) is 8.60. The molecule has 1 aliphatic rings. The van der Waals surface area contributed by atoms with Gasteiger partial charge in [0.15, 0.2) is 11.5 Å². The van der Waals surface area contributed by atoms with Crippen molar-refractivity contribution in [2.45, 2.75) is 44.8 Å². The molecule has 3 aromatic rings. The number of anilines is 2. The maximum absolute atomic E-state index is 11.8. The summed E-state index contributed by atoms with van der Waals surface area (Å²) in [7, 11) is 1.57. The number of nitrogens with one attached hydrogen (secondary N) is 2. The van der Waals surface area contributed by atoms with Crippen molar-refractivity contribution in [1.82, 2.24) is 10.3 Å². The van der Waals surface area contributed by atoms with Crippen LogP contribution in [-0.2, 0) is 17.6 Å². The molecule has 8 nitrogen and oxygen atoms in total. The van der Waals surface area contributed by atoms with E-state index >= 15 is 0 Å². The highest BCUT2D eigenvalue weighted by Gasteiger charge is 2.22. The number of methoxy groups -OCH3 is 1. The Kier molecular flexibility index (Phi) is 7.49. The number of aliphatic hydroxyl groups is 1. The SMILES string of the molecule is CCc1ccccc1Nc1c(CC(N)=O)cnc2cc(OC)c(OC[C@H](O)CNC3CC3)cc12. The second-order valence-corrected chi connectivity index (χ2v) is 8.60. The van der Waals surface area contributed by atoms with Crippen LogP contribution in [0.25, 0.3) is 10.9 Å². The number of nitrogens with two attached hydrogens (primary N) is 1. The molecule has 0 unspecified atom stereocenters. The van der Waals surface area contributed by atoms with E-state index in [1.165, 1.54) is 0 Å². The van der Waals surface area contributed by atoms with Crippen LogP contribution in [0.5, 0.6) is 11.5 Å². The monoisotopic (exact) mass is 464 g/mol. The summed E-state index contributed by atoms with van der Waals surface area (Å²) in [6.07, 6.45) is 4.24. The fourth-order valence-electron chi connectivity index (χ4n) is 3.90. The van der Waals surface area contributed by atoms with Crippen LogP contribution >= 0.6 is 0 Å². The summed E-state index contributed by atoms with van der Waals surface area (Å²) in [5, 5.41) is 17.9. The van der Waals surface area contributed by atoms with Crippen LogP contribution in [0.4, 0.5) is 11.4 Å². The number of fused-ring (bicyclic) bond motifs is 1. The molecule has 1 heterocycles. The molecule has 0 radical (unpaired) electrons. The summed E-state index contributed by atoms with van der Waals surface area (Å²) in [5.41, 5.74) is 9.74. The van der Waals surface area contributed by atoms with Crippen molar-refractivity contribution >= 4 is 28.2 Å². The van der Waals surface area contributed by atoms with E-state index in [0.717, 1.165) is 41.6 Å². The number of hydrogen-bond donors (Lipinski definition) is 4. The molecule has 0 aliphatic heterocycles. The number of aliphatic hydroxyl groups excluding tert-OH is 1. The lowest BCUT2D eigenvalue weighted by Gasteiger charge is -2.19. The van der Waals surface area contributed by atoms with Gasteiger partial charge in [0, 0.05) is 41.5 Å². The van der Waals surface area contributed by atoms with Gasteiger partial charge in [-0.3, -0.25) is 9.78 Å². The number of ether oxygens (including phenoxy) is 2. The smallest absolute Gasteiger partial charge is 0.221 e. The molecule has 5 N–H and O–H groups in total. The average Bonchev–Trinajstić information content (AvgIpc) is 3.67. The number of hydrogen-bond acceptors (Lipinski definition) is 7. The van der Waals surface area contributed by atoms with E-state index < -0.39 is 12.0 Å². The molecule has 0 saturated heterocycles. The first kappa shape index (κ1) is 23.8. The third kappa shape index (κ3) is 5.76. The molecule has 1 atom stereocenters. The number of carbonyl (C=O) groups excluding carboxylic acids is 1. The van der Waals surface area contributed by atoms with Crippen LogP contribution in [0.15, 0.2) is 42.6 Å². The third-order valence-corrected chi connectivity index (χ3v) is 5.91. The Balaban J connectivity index is 1.70. The third-order valence-electron chi connectivity index (χ3n) is 5.91. The van der Waals surface area contributed by atoms with Gasteiger partial charge in [0.25, 0.3) is 0 Å².